The molecule has 2 aromatic carbocycles. The Labute approximate surface area is 147 Å². The van der Waals surface area contributed by atoms with Crippen LogP contribution in [-0.2, 0) is 5.41 Å². The van der Waals surface area contributed by atoms with Gasteiger partial charge in [-0.25, -0.2) is 0 Å². The molecular formula is C22H23Br. The van der Waals surface area contributed by atoms with Crippen molar-refractivity contribution in [2.45, 2.75) is 44.4 Å². The van der Waals surface area contributed by atoms with Gasteiger partial charge in [-0.2, -0.15) is 0 Å². The van der Waals surface area contributed by atoms with E-state index in [1.54, 1.807) is 11.1 Å². The van der Waals surface area contributed by atoms with Crippen LogP contribution < -0.4 is 0 Å². The summed E-state index contributed by atoms with van der Waals surface area (Å²) in [6, 6.07) is 18.5. The molecule has 0 amide bonds. The van der Waals surface area contributed by atoms with Crippen molar-refractivity contribution in [1.29, 1.82) is 0 Å². The predicted molar refractivity (Wildman–Crippen MR) is 100 cm³/mol. The van der Waals surface area contributed by atoms with Crippen molar-refractivity contribution in [3.8, 4) is 11.1 Å². The van der Waals surface area contributed by atoms with Gasteiger partial charge in [-0.15, -0.1) is 0 Å². The maximum atomic E-state index is 3.96. The van der Waals surface area contributed by atoms with Gasteiger partial charge in [0, 0.05) is 10.7 Å². The maximum Gasteiger partial charge on any atom is 0.0335 e. The molecule has 0 aliphatic heterocycles. The van der Waals surface area contributed by atoms with Crippen LogP contribution in [0.2, 0.25) is 0 Å². The highest BCUT2D eigenvalue weighted by Crippen LogP contribution is 2.79. The summed E-state index contributed by atoms with van der Waals surface area (Å²) in [6.45, 7) is 2.43. The van der Waals surface area contributed by atoms with Crippen LogP contribution in [0.3, 0.4) is 0 Å². The number of hydrogen-bond acceptors (Lipinski definition) is 0. The lowest BCUT2D eigenvalue weighted by atomic mass is 9.56. The minimum absolute atomic E-state index is 0.228. The summed E-state index contributed by atoms with van der Waals surface area (Å²) in [6.07, 6.45) is 6.81. The van der Waals surface area contributed by atoms with Gasteiger partial charge in [0.1, 0.15) is 0 Å². The molecule has 0 saturated heterocycles. The quantitative estimate of drug-likeness (QED) is 0.545. The molecule has 2 saturated carbocycles. The van der Waals surface area contributed by atoms with Crippen LogP contribution >= 0.6 is 15.9 Å². The number of rotatable bonds is 2. The Kier molecular flexibility index (Phi) is 2.80. The van der Waals surface area contributed by atoms with Crippen molar-refractivity contribution in [3.05, 3.63) is 59.7 Å². The van der Waals surface area contributed by atoms with E-state index in [1.165, 1.54) is 43.2 Å². The summed E-state index contributed by atoms with van der Waals surface area (Å²) >= 11 is 3.96. The third kappa shape index (κ3) is 1.33. The lowest BCUT2D eigenvalue weighted by molar-refractivity contribution is 0.184. The van der Waals surface area contributed by atoms with E-state index in [2.05, 4.69) is 71.4 Å². The minimum Gasteiger partial charge on any atom is -0.0922 e. The van der Waals surface area contributed by atoms with Crippen LogP contribution in [0.15, 0.2) is 48.5 Å². The van der Waals surface area contributed by atoms with E-state index in [9.17, 15) is 0 Å². The average molecular weight is 367 g/mol. The highest BCUT2D eigenvalue weighted by molar-refractivity contribution is 9.09. The fourth-order valence-corrected chi connectivity index (χ4v) is 7.73. The Morgan fingerprint density at radius 3 is 1.74 bits per heavy atom. The van der Waals surface area contributed by atoms with Crippen LogP contribution in [0.1, 0.15) is 50.2 Å². The third-order valence-electron chi connectivity index (χ3n) is 7.64. The molecule has 0 aromatic heterocycles. The van der Waals surface area contributed by atoms with Gasteiger partial charge in [0.05, 0.1) is 0 Å². The Bertz CT molecular complexity index is 713. The Balaban J connectivity index is 1.95. The second-order valence-corrected chi connectivity index (χ2v) is 8.45. The molecule has 0 N–H and O–H groups in total. The lowest BCUT2D eigenvalue weighted by Crippen LogP contribution is -2.45. The van der Waals surface area contributed by atoms with Crippen molar-refractivity contribution in [2.24, 2.45) is 10.8 Å². The summed E-state index contributed by atoms with van der Waals surface area (Å²) in [5.41, 5.74) is 7.31. The molecule has 2 aromatic rings. The number of alkyl halides is 1. The van der Waals surface area contributed by atoms with Gasteiger partial charge in [0.15, 0.2) is 0 Å². The molecule has 0 radical (unpaired) electrons. The molecular weight excluding hydrogens is 344 g/mol. The molecule has 1 spiro atoms. The maximum absolute atomic E-state index is 3.96. The van der Waals surface area contributed by atoms with E-state index in [4.69, 9.17) is 0 Å². The lowest BCUT2D eigenvalue weighted by Gasteiger charge is -2.47. The molecule has 0 heterocycles. The molecule has 0 unspecified atom stereocenters. The molecule has 2 bridgehead atoms. The van der Waals surface area contributed by atoms with Gasteiger partial charge < -0.3 is 0 Å². The zero-order valence-electron chi connectivity index (χ0n) is 13.7. The van der Waals surface area contributed by atoms with Crippen molar-refractivity contribution >= 4 is 15.9 Å². The van der Waals surface area contributed by atoms with E-state index in [-0.39, 0.29) is 5.41 Å². The fraction of sp³-hybridized carbons (Fsp3) is 0.455. The van der Waals surface area contributed by atoms with Crippen LogP contribution in [0.4, 0.5) is 0 Å². The monoisotopic (exact) mass is 366 g/mol. The Morgan fingerprint density at radius 1 is 0.783 bits per heavy atom. The number of fused-ring (bicyclic) bond motifs is 3. The minimum atomic E-state index is 0.228. The molecule has 3 aliphatic rings. The topological polar surface area (TPSA) is 0 Å². The van der Waals surface area contributed by atoms with Crippen molar-refractivity contribution in [3.63, 3.8) is 0 Å². The number of halogens is 1. The molecule has 5 rings (SSSR count). The summed E-state index contributed by atoms with van der Waals surface area (Å²) in [4.78, 5) is 0. The number of hydrogen-bond donors (Lipinski definition) is 0. The van der Waals surface area contributed by atoms with Crippen LogP contribution in [0, 0.1) is 10.8 Å². The highest BCUT2D eigenvalue weighted by atomic mass is 79.9. The van der Waals surface area contributed by atoms with E-state index in [0.717, 1.165) is 5.33 Å². The van der Waals surface area contributed by atoms with Crippen LogP contribution in [0.5, 0.6) is 0 Å². The van der Waals surface area contributed by atoms with Gasteiger partial charge in [-0.3, -0.25) is 0 Å². The summed E-state index contributed by atoms with van der Waals surface area (Å²) < 4.78 is 0. The molecule has 23 heavy (non-hydrogen) atoms. The summed E-state index contributed by atoms with van der Waals surface area (Å²) in [5.74, 6) is 0. The largest absolute Gasteiger partial charge is 0.0922 e. The Morgan fingerprint density at radius 2 is 1.26 bits per heavy atom. The van der Waals surface area contributed by atoms with Gasteiger partial charge in [-0.1, -0.05) is 71.4 Å². The first kappa shape index (κ1) is 14.3. The van der Waals surface area contributed by atoms with Gasteiger partial charge in [-0.05, 0) is 65.2 Å². The normalized spacial score (nSPS) is 32.3. The second kappa shape index (κ2) is 4.51. The molecule has 1 heteroatoms. The zero-order valence-corrected chi connectivity index (χ0v) is 15.3. The summed E-state index contributed by atoms with van der Waals surface area (Å²) in [5, 5.41) is 1.13. The zero-order chi connectivity index (χ0) is 15.7. The van der Waals surface area contributed by atoms with E-state index in [0.29, 0.717) is 10.8 Å². The third-order valence-corrected chi connectivity index (χ3v) is 8.71. The molecule has 118 valence electrons. The first-order valence-electron chi connectivity index (χ1n) is 9.00. The van der Waals surface area contributed by atoms with Gasteiger partial charge in [0.25, 0.3) is 0 Å². The molecule has 3 aliphatic carbocycles. The first-order valence-corrected chi connectivity index (χ1v) is 10.1. The predicted octanol–water partition coefficient (Wildman–Crippen LogP) is 6.32. The Hall–Kier alpha value is -1.08. The van der Waals surface area contributed by atoms with E-state index < -0.39 is 0 Å². The standard InChI is InChI=1S/C22H23Br/c1-2-20-11-13-21(15-23,14-12-20)22(20)18-9-5-3-7-16(18)17-8-4-6-10-19(17)22/h3-10H,2,11-15H2,1H3. The van der Waals surface area contributed by atoms with Crippen molar-refractivity contribution < 1.29 is 0 Å². The van der Waals surface area contributed by atoms with E-state index in [1.807, 2.05) is 0 Å². The van der Waals surface area contributed by atoms with Crippen molar-refractivity contribution in [2.75, 3.05) is 5.33 Å². The molecule has 0 nitrogen and oxygen atoms in total. The van der Waals surface area contributed by atoms with Crippen molar-refractivity contribution in [1.82, 2.24) is 0 Å². The smallest absolute Gasteiger partial charge is 0.0335 e. The van der Waals surface area contributed by atoms with Crippen LogP contribution in [0.25, 0.3) is 11.1 Å². The second-order valence-electron chi connectivity index (χ2n) is 7.89. The number of benzene rings is 2. The molecule has 0 atom stereocenters. The average Bonchev–Trinajstić information content (AvgIpc) is 3.21. The SMILES string of the molecule is CCC12CCC(CBr)(CC1)C21c2ccccc2-c2ccccc21. The highest BCUT2D eigenvalue weighted by Gasteiger charge is 2.73. The fourth-order valence-electron chi connectivity index (χ4n) is 6.75. The molecule has 2 fully saturated rings. The first-order chi connectivity index (χ1) is 11.2. The van der Waals surface area contributed by atoms with Gasteiger partial charge in [0.2, 0.25) is 0 Å². The summed E-state index contributed by atoms with van der Waals surface area (Å²) in [7, 11) is 0. The van der Waals surface area contributed by atoms with Gasteiger partial charge >= 0.3 is 0 Å². The van der Waals surface area contributed by atoms with E-state index >= 15 is 0 Å². The van der Waals surface area contributed by atoms with Crippen LogP contribution in [-0.4, -0.2) is 5.33 Å².